The van der Waals surface area contributed by atoms with Crippen LogP contribution in [-0.2, 0) is 0 Å². The van der Waals surface area contributed by atoms with Gasteiger partial charge in [0.15, 0.2) is 0 Å². The first kappa shape index (κ1) is 24.7. The predicted molar refractivity (Wildman–Crippen MR) is 137 cm³/mol. The fourth-order valence-electron chi connectivity index (χ4n) is 3.27. The van der Waals surface area contributed by atoms with Crippen molar-refractivity contribution in [2.24, 2.45) is 5.10 Å². The molecule has 2 amide bonds. The van der Waals surface area contributed by atoms with E-state index >= 15 is 0 Å². The normalized spacial score (nSPS) is 10.7. The maximum Gasteiger partial charge on any atom is 0.271 e. The minimum atomic E-state index is -0.333. The van der Waals surface area contributed by atoms with Gasteiger partial charge in [-0.2, -0.15) is 5.10 Å². The zero-order chi connectivity index (χ0) is 24.0. The van der Waals surface area contributed by atoms with Gasteiger partial charge in [-0.15, -0.1) is 0 Å². The van der Waals surface area contributed by atoms with E-state index in [1.807, 2.05) is 42.5 Å². The fourth-order valence-corrected chi connectivity index (χ4v) is 3.27. The lowest BCUT2D eigenvalue weighted by Crippen LogP contribution is -2.17. The number of hydrogen-bond donors (Lipinski definition) is 2. The zero-order valence-corrected chi connectivity index (χ0v) is 19.5. The van der Waals surface area contributed by atoms with Crippen molar-refractivity contribution in [2.75, 3.05) is 11.9 Å². The third-order valence-electron chi connectivity index (χ3n) is 5.22. The summed E-state index contributed by atoms with van der Waals surface area (Å²) in [6.45, 7) is 2.93. The van der Waals surface area contributed by atoms with E-state index in [2.05, 4.69) is 22.8 Å². The monoisotopic (exact) mass is 457 g/mol. The van der Waals surface area contributed by atoms with E-state index in [4.69, 9.17) is 4.74 Å². The quantitative estimate of drug-likeness (QED) is 0.197. The van der Waals surface area contributed by atoms with Crippen molar-refractivity contribution in [3.8, 4) is 5.75 Å². The Balaban J connectivity index is 1.42. The molecule has 34 heavy (non-hydrogen) atoms. The van der Waals surface area contributed by atoms with Gasteiger partial charge in [-0.25, -0.2) is 5.43 Å². The molecule has 3 aromatic rings. The molecule has 0 fully saturated rings. The van der Waals surface area contributed by atoms with Crippen molar-refractivity contribution in [1.82, 2.24) is 5.43 Å². The Morgan fingerprint density at radius 3 is 2.18 bits per heavy atom. The lowest BCUT2D eigenvalue weighted by Gasteiger charge is -2.06. The van der Waals surface area contributed by atoms with Crippen LogP contribution in [0.4, 0.5) is 5.69 Å². The van der Waals surface area contributed by atoms with Gasteiger partial charge in [0.25, 0.3) is 11.8 Å². The van der Waals surface area contributed by atoms with E-state index in [9.17, 15) is 9.59 Å². The molecule has 2 N–H and O–H groups in total. The maximum atomic E-state index is 12.3. The van der Waals surface area contributed by atoms with Crippen LogP contribution in [0.1, 0.15) is 65.3 Å². The van der Waals surface area contributed by atoms with Crippen LogP contribution in [0, 0.1) is 0 Å². The summed E-state index contributed by atoms with van der Waals surface area (Å²) in [6.07, 6.45) is 7.63. The molecule has 0 bridgehead atoms. The molecule has 0 saturated heterocycles. The molecular weight excluding hydrogens is 426 g/mol. The first-order chi connectivity index (χ1) is 16.7. The summed E-state index contributed by atoms with van der Waals surface area (Å²) in [5.41, 5.74) is 5.00. The molecule has 0 atom stereocenters. The van der Waals surface area contributed by atoms with Crippen molar-refractivity contribution >= 4 is 23.7 Å². The van der Waals surface area contributed by atoms with E-state index < -0.39 is 0 Å². The van der Waals surface area contributed by atoms with Gasteiger partial charge in [-0.1, -0.05) is 50.8 Å². The molecule has 0 aliphatic carbocycles. The van der Waals surface area contributed by atoms with E-state index in [1.165, 1.54) is 25.7 Å². The molecule has 6 heteroatoms. The van der Waals surface area contributed by atoms with Gasteiger partial charge in [0.05, 0.1) is 12.8 Å². The standard InChI is InChI=1S/C28H31N3O3/c1-2-3-4-5-9-20-34-26-18-12-22(13-19-26)21-29-31-28(33)24-14-16-25(17-15-24)30-27(32)23-10-7-6-8-11-23/h6-8,10-19,21H,2-5,9,20H2,1H3,(H,30,32)(H,31,33). The Hall–Kier alpha value is -3.93. The molecule has 0 aliphatic heterocycles. The van der Waals surface area contributed by atoms with Gasteiger partial charge in [-0.3, -0.25) is 9.59 Å². The summed E-state index contributed by atoms with van der Waals surface area (Å²) in [4.78, 5) is 24.5. The predicted octanol–water partition coefficient (Wildman–Crippen LogP) is 6.05. The lowest BCUT2D eigenvalue weighted by atomic mass is 10.1. The van der Waals surface area contributed by atoms with Gasteiger partial charge in [0, 0.05) is 16.8 Å². The number of hydrogen-bond acceptors (Lipinski definition) is 4. The third-order valence-corrected chi connectivity index (χ3v) is 5.22. The second-order valence-electron chi connectivity index (χ2n) is 7.93. The van der Waals surface area contributed by atoms with Gasteiger partial charge in [0.2, 0.25) is 0 Å². The van der Waals surface area contributed by atoms with Crippen LogP contribution in [0.5, 0.6) is 5.75 Å². The Kier molecular flexibility index (Phi) is 9.87. The van der Waals surface area contributed by atoms with Crippen LogP contribution in [0.2, 0.25) is 0 Å². The molecule has 176 valence electrons. The number of rotatable bonds is 12. The molecule has 0 saturated carbocycles. The Morgan fingerprint density at radius 2 is 1.47 bits per heavy atom. The average Bonchev–Trinajstić information content (AvgIpc) is 2.88. The van der Waals surface area contributed by atoms with Gasteiger partial charge < -0.3 is 10.1 Å². The SMILES string of the molecule is CCCCCCCOc1ccc(C=NNC(=O)c2ccc(NC(=O)c3ccccc3)cc2)cc1. The number of carbonyl (C=O) groups excluding carboxylic acids is 2. The Morgan fingerprint density at radius 1 is 0.794 bits per heavy atom. The molecule has 0 heterocycles. The van der Waals surface area contributed by atoms with E-state index in [0.717, 1.165) is 24.3 Å². The molecule has 0 radical (unpaired) electrons. The number of hydrazone groups is 1. The third kappa shape index (κ3) is 8.20. The number of nitrogens with zero attached hydrogens (tertiary/aromatic N) is 1. The van der Waals surface area contributed by atoms with Gasteiger partial charge >= 0.3 is 0 Å². The summed E-state index contributed by atoms with van der Waals surface area (Å²) >= 11 is 0. The molecule has 3 aromatic carbocycles. The number of amides is 2. The number of ether oxygens (including phenoxy) is 1. The number of nitrogens with one attached hydrogen (secondary N) is 2. The van der Waals surface area contributed by atoms with E-state index in [1.54, 1.807) is 42.6 Å². The van der Waals surface area contributed by atoms with Crippen molar-refractivity contribution in [3.05, 3.63) is 95.6 Å². The maximum absolute atomic E-state index is 12.3. The van der Waals surface area contributed by atoms with Crippen LogP contribution in [0.15, 0.2) is 84.0 Å². The minimum Gasteiger partial charge on any atom is -0.494 e. The van der Waals surface area contributed by atoms with Crippen LogP contribution in [-0.4, -0.2) is 24.6 Å². The summed E-state index contributed by atoms with van der Waals surface area (Å²) in [7, 11) is 0. The second-order valence-corrected chi connectivity index (χ2v) is 7.93. The largest absolute Gasteiger partial charge is 0.494 e. The fraction of sp³-hybridized carbons (Fsp3) is 0.250. The number of carbonyl (C=O) groups is 2. The Bertz CT molecular complexity index is 1060. The smallest absolute Gasteiger partial charge is 0.271 e. The van der Waals surface area contributed by atoms with Crippen LogP contribution in [0.25, 0.3) is 0 Å². The van der Waals surface area contributed by atoms with Gasteiger partial charge in [0.1, 0.15) is 5.75 Å². The van der Waals surface area contributed by atoms with Crippen LogP contribution >= 0.6 is 0 Å². The first-order valence-corrected chi connectivity index (χ1v) is 11.7. The van der Waals surface area contributed by atoms with E-state index in [-0.39, 0.29) is 11.8 Å². The Labute approximate surface area is 201 Å². The van der Waals surface area contributed by atoms with Crippen molar-refractivity contribution < 1.29 is 14.3 Å². The van der Waals surface area contributed by atoms with Gasteiger partial charge in [-0.05, 0) is 72.6 Å². The average molecular weight is 458 g/mol. The highest BCUT2D eigenvalue weighted by Gasteiger charge is 2.07. The van der Waals surface area contributed by atoms with Crippen molar-refractivity contribution in [1.29, 1.82) is 0 Å². The summed E-state index contributed by atoms with van der Waals surface area (Å²) in [6, 6.07) is 23.2. The topological polar surface area (TPSA) is 79.8 Å². The molecule has 0 unspecified atom stereocenters. The number of anilines is 1. The summed E-state index contributed by atoms with van der Waals surface area (Å²) < 4.78 is 5.76. The molecular formula is C28H31N3O3. The van der Waals surface area contributed by atoms with Crippen LogP contribution in [0.3, 0.4) is 0 Å². The molecule has 6 nitrogen and oxygen atoms in total. The molecule has 0 aromatic heterocycles. The molecule has 0 aliphatic rings. The zero-order valence-electron chi connectivity index (χ0n) is 19.5. The highest BCUT2D eigenvalue weighted by atomic mass is 16.5. The van der Waals surface area contributed by atoms with Crippen molar-refractivity contribution in [3.63, 3.8) is 0 Å². The molecule has 0 spiro atoms. The van der Waals surface area contributed by atoms with E-state index in [0.29, 0.717) is 16.8 Å². The highest BCUT2D eigenvalue weighted by Crippen LogP contribution is 2.13. The second kappa shape index (κ2) is 13.6. The minimum absolute atomic E-state index is 0.203. The number of unbranched alkanes of at least 4 members (excludes halogenated alkanes) is 4. The summed E-state index contributed by atoms with van der Waals surface area (Å²) in [5, 5.41) is 6.83. The van der Waals surface area contributed by atoms with Crippen LogP contribution < -0.4 is 15.5 Å². The highest BCUT2D eigenvalue weighted by molar-refractivity contribution is 6.04. The first-order valence-electron chi connectivity index (χ1n) is 11.7. The lowest BCUT2D eigenvalue weighted by molar-refractivity contribution is 0.0954. The number of benzene rings is 3. The summed E-state index contributed by atoms with van der Waals surface area (Å²) in [5.74, 6) is 0.294. The van der Waals surface area contributed by atoms with Crippen molar-refractivity contribution in [2.45, 2.75) is 39.0 Å². The molecule has 3 rings (SSSR count).